The minimum absolute atomic E-state index is 0.242. The van der Waals surface area contributed by atoms with Crippen molar-refractivity contribution in [3.05, 3.63) is 71.2 Å². The van der Waals surface area contributed by atoms with Gasteiger partial charge in [0.05, 0.1) is 11.8 Å². The van der Waals surface area contributed by atoms with E-state index in [-0.39, 0.29) is 19.0 Å². The van der Waals surface area contributed by atoms with Gasteiger partial charge in [-0.1, -0.05) is 0 Å². The molecule has 3 aromatic rings. The van der Waals surface area contributed by atoms with Gasteiger partial charge in [0.25, 0.3) is 10.2 Å². The Bertz CT molecular complexity index is 1510. The number of aromatic nitrogens is 2. The van der Waals surface area contributed by atoms with Gasteiger partial charge in [-0.05, 0) is 66.9 Å². The molecule has 1 aliphatic heterocycles. The van der Waals surface area contributed by atoms with Gasteiger partial charge in [-0.2, -0.15) is 27.3 Å². The van der Waals surface area contributed by atoms with E-state index in [9.17, 15) is 8.42 Å². The molecule has 0 amide bonds. The third-order valence-corrected chi connectivity index (χ3v) is 8.18. The summed E-state index contributed by atoms with van der Waals surface area (Å²) in [6.45, 7) is 5.15. The molecule has 0 radical (unpaired) electrons. The average molecular weight is 552 g/mol. The fraction of sp³-hybridized carbons (Fsp3) is 0.296. The summed E-state index contributed by atoms with van der Waals surface area (Å²) in [5.74, 6) is 0.781. The Kier molecular flexibility index (Phi) is 8.44. The third-order valence-electron chi connectivity index (χ3n) is 6.24. The number of piperazine rings is 1. The Morgan fingerprint density at radius 3 is 2.41 bits per heavy atom. The second kappa shape index (κ2) is 11.8. The van der Waals surface area contributed by atoms with Crippen LogP contribution in [0.15, 0.2) is 48.7 Å². The van der Waals surface area contributed by atoms with E-state index in [1.165, 1.54) is 34.8 Å². The molecule has 12 heteroatoms. The van der Waals surface area contributed by atoms with Gasteiger partial charge < -0.3 is 15.0 Å². The number of nitrogens with zero attached hydrogens (tertiary/aromatic N) is 6. The molecular weight excluding hydrogens is 521 g/mol. The molecule has 1 aliphatic rings. The smallest absolute Gasteiger partial charge is 0.281 e. The second-order valence-electron chi connectivity index (χ2n) is 9.23. The number of aryl methyl sites for hydroxylation is 2. The maximum atomic E-state index is 15.1. The predicted octanol–water partition coefficient (Wildman–Crippen LogP) is 4.23. The van der Waals surface area contributed by atoms with Gasteiger partial charge in [0.2, 0.25) is 11.8 Å². The van der Waals surface area contributed by atoms with Crippen molar-refractivity contribution in [2.75, 3.05) is 50.5 Å². The summed E-state index contributed by atoms with van der Waals surface area (Å²) in [4.78, 5) is 10.5. The summed E-state index contributed by atoms with van der Waals surface area (Å²) < 4.78 is 48.3. The molecule has 1 N–H and O–H groups in total. The number of ether oxygens (including phenoxy) is 1. The summed E-state index contributed by atoms with van der Waals surface area (Å²) in [6.07, 6.45) is 4.70. The van der Waals surface area contributed by atoms with Crippen molar-refractivity contribution >= 4 is 33.6 Å². The number of nitrogens with one attached hydrogen (secondary N) is 1. The van der Waals surface area contributed by atoms with E-state index >= 15 is 4.39 Å². The molecule has 0 spiro atoms. The average Bonchev–Trinajstić information content (AvgIpc) is 2.90. The Balaban J connectivity index is 1.43. The lowest BCUT2D eigenvalue weighted by molar-refractivity contribution is 0.354. The molecule has 204 valence electrons. The number of benzene rings is 2. The Hall–Kier alpha value is -4.05. The van der Waals surface area contributed by atoms with E-state index in [4.69, 9.17) is 10.00 Å². The zero-order valence-electron chi connectivity index (χ0n) is 22.2. The first-order valence-electron chi connectivity index (χ1n) is 12.3. The van der Waals surface area contributed by atoms with Gasteiger partial charge in [-0.25, -0.2) is 9.37 Å². The largest absolute Gasteiger partial charge is 0.438 e. The Morgan fingerprint density at radius 1 is 1.10 bits per heavy atom. The van der Waals surface area contributed by atoms with Crippen LogP contribution in [0.1, 0.15) is 16.7 Å². The molecule has 0 saturated carbocycles. The standard InChI is InChI=1S/C27H30FN7O3S/c1-19-16-21(6-5-10-29)17-20(2)26(19)38-25-9-11-30-27(32-25)31-22-7-8-24(23(28)18-22)34-12-14-35(15-13-34)39(36,37)33(3)4/h5-9,11,16-18H,12-15H2,1-4H3,(H,30,31,32)/b6-5+. The lowest BCUT2D eigenvalue weighted by atomic mass is 10.1. The van der Waals surface area contributed by atoms with Crippen LogP contribution in [0.2, 0.25) is 0 Å². The van der Waals surface area contributed by atoms with Crippen LogP contribution in [-0.2, 0) is 10.2 Å². The van der Waals surface area contributed by atoms with Crippen LogP contribution in [-0.4, -0.2) is 67.3 Å². The molecule has 10 nitrogen and oxygen atoms in total. The van der Waals surface area contributed by atoms with E-state index in [1.54, 1.807) is 30.5 Å². The van der Waals surface area contributed by atoms with E-state index in [2.05, 4.69) is 15.3 Å². The zero-order valence-corrected chi connectivity index (χ0v) is 23.0. The molecule has 4 rings (SSSR count). The number of hydrogen-bond acceptors (Lipinski definition) is 8. The van der Waals surface area contributed by atoms with Crippen LogP contribution in [0.5, 0.6) is 11.6 Å². The van der Waals surface area contributed by atoms with Crippen molar-refractivity contribution < 1.29 is 17.5 Å². The molecule has 1 fully saturated rings. The van der Waals surface area contributed by atoms with Gasteiger partial charge in [0.15, 0.2) is 0 Å². The van der Waals surface area contributed by atoms with E-state index in [0.717, 1.165) is 16.7 Å². The van der Waals surface area contributed by atoms with Gasteiger partial charge >= 0.3 is 0 Å². The van der Waals surface area contributed by atoms with Crippen LogP contribution in [0.4, 0.5) is 21.7 Å². The lowest BCUT2D eigenvalue weighted by Crippen LogP contribution is -2.51. The van der Waals surface area contributed by atoms with Gasteiger partial charge in [0, 0.05) is 64.3 Å². The number of anilines is 3. The highest BCUT2D eigenvalue weighted by Gasteiger charge is 2.29. The van der Waals surface area contributed by atoms with Crippen LogP contribution in [0, 0.1) is 31.0 Å². The molecule has 0 bridgehead atoms. The second-order valence-corrected chi connectivity index (χ2v) is 11.4. The first kappa shape index (κ1) is 28.0. The van der Waals surface area contributed by atoms with E-state index in [1.807, 2.05) is 36.9 Å². The molecular formula is C27H30FN7O3S. The summed E-state index contributed by atoms with van der Waals surface area (Å²) >= 11 is 0. The summed E-state index contributed by atoms with van der Waals surface area (Å²) in [5, 5.41) is 11.8. The Morgan fingerprint density at radius 2 is 1.79 bits per heavy atom. The molecule has 2 heterocycles. The van der Waals surface area contributed by atoms with Crippen molar-refractivity contribution in [2.24, 2.45) is 0 Å². The quantitative estimate of drug-likeness (QED) is 0.414. The molecule has 2 aromatic carbocycles. The Labute approximate surface area is 228 Å². The first-order chi connectivity index (χ1) is 18.6. The van der Waals surface area contributed by atoms with Gasteiger partial charge in [-0.3, -0.25) is 0 Å². The minimum Gasteiger partial charge on any atom is -0.438 e. The number of hydrogen-bond donors (Lipinski definition) is 1. The maximum Gasteiger partial charge on any atom is 0.281 e. The van der Waals surface area contributed by atoms with Gasteiger partial charge in [-0.15, -0.1) is 0 Å². The van der Waals surface area contributed by atoms with Crippen molar-refractivity contribution in [3.63, 3.8) is 0 Å². The summed E-state index contributed by atoms with van der Waals surface area (Å²) in [6, 6.07) is 12.2. The highest BCUT2D eigenvalue weighted by atomic mass is 32.2. The van der Waals surface area contributed by atoms with Crippen molar-refractivity contribution in [1.82, 2.24) is 18.6 Å². The highest BCUT2D eigenvalue weighted by Crippen LogP contribution is 2.30. The molecule has 1 saturated heterocycles. The fourth-order valence-corrected chi connectivity index (χ4v) is 5.39. The molecule has 39 heavy (non-hydrogen) atoms. The number of rotatable bonds is 8. The predicted molar refractivity (Wildman–Crippen MR) is 149 cm³/mol. The SMILES string of the molecule is Cc1cc(/C=C/C#N)cc(C)c1Oc1ccnc(Nc2ccc(N3CCN(S(=O)(=O)N(C)C)CC3)c(F)c2)n1. The van der Waals surface area contributed by atoms with Crippen molar-refractivity contribution in [2.45, 2.75) is 13.8 Å². The van der Waals surface area contributed by atoms with Crippen LogP contribution in [0.25, 0.3) is 6.08 Å². The number of allylic oxidation sites excluding steroid dienone is 1. The lowest BCUT2D eigenvalue weighted by Gasteiger charge is -2.36. The third kappa shape index (κ3) is 6.51. The zero-order chi connectivity index (χ0) is 28.2. The normalized spacial score (nSPS) is 14.5. The van der Waals surface area contributed by atoms with Crippen molar-refractivity contribution in [1.29, 1.82) is 5.26 Å². The van der Waals surface area contributed by atoms with Crippen LogP contribution in [0.3, 0.4) is 0 Å². The number of nitriles is 1. The summed E-state index contributed by atoms with van der Waals surface area (Å²) in [7, 11) is -0.502. The highest BCUT2D eigenvalue weighted by molar-refractivity contribution is 7.86. The molecule has 0 unspecified atom stereocenters. The monoisotopic (exact) mass is 551 g/mol. The minimum atomic E-state index is -3.49. The van der Waals surface area contributed by atoms with E-state index < -0.39 is 16.0 Å². The molecule has 0 atom stereocenters. The van der Waals surface area contributed by atoms with Crippen molar-refractivity contribution in [3.8, 4) is 17.7 Å². The topological polar surface area (TPSA) is 115 Å². The van der Waals surface area contributed by atoms with E-state index in [0.29, 0.717) is 36.1 Å². The fourth-order valence-electron chi connectivity index (χ4n) is 4.30. The first-order valence-corrected chi connectivity index (χ1v) is 13.7. The maximum absolute atomic E-state index is 15.1. The molecule has 0 aliphatic carbocycles. The molecule has 1 aromatic heterocycles. The number of halogens is 1. The van der Waals surface area contributed by atoms with Crippen LogP contribution < -0.4 is 15.0 Å². The van der Waals surface area contributed by atoms with Gasteiger partial charge in [0.1, 0.15) is 11.6 Å². The summed E-state index contributed by atoms with van der Waals surface area (Å²) in [5.41, 5.74) is 3.54. The van der Waals surface area contributed by atoms with Crippen LogP contribution >= 0.6 is 0 Å².